The van der Waals surface area contributed by atoms with Gasteiger partial charge in [-0.2, -0.15) is 0 Å². The minimum Gasteiger partial charge on any atom is -0.372 e. The molecule has 0 aliphatic heterocycles. The van der Waals surface area contributed by atoms with E-state index in [4.69, 9.17) is 0 Å². The summed E-state index contributed by atoms with van der Waals surface area (Å²) in [5, 5.41) is 0. The zero-order chi connectivity index (χ0) is 14.6. The first-order chi connectivity index (χ1) is 9.77. The molecule has 0 saturated heterocycles. The molecule has 0 amide bonds. The van der Waals surface area contributed by atoms with E-state index in [-0.39, 0.29) is 5.78 Å². The highest BCUT2D eigenvalue weighted by Gasteiger charge is 2.06. The molecule has 1 rings (SSSR count). The molecule has 0 bridgehead atoms. The molecule has 2 nitrogen and oxygen atoms in total. The van der Waals surface area contributed by atoms with Crippen molar-refractivity contribution in [3.8, 4) is 0 Å². The summed E-state index contributed by atoms with van der Waals surface area (Å²) >= 11 is 0. The molecule has 1 aromatic rings. The summed E-state index contributed by atoms with van der Waals surface area (Å²) in [7, 11) is 0. The fraction of sp³-hybridized carbons (Fsp3) is 0.500. The molecule has 0 aliphatic rings. The molecule has 0 N–H and O–H groups in total. The molecular formula is C18H27NO. The van der Waals surface area contributed by atoms with Crippen molar-refractivity contribution >= 4 is 11.5 Å². The third-order valence-electron chi connectivity index (χ3n) is 3.48. The Morgan fingerprint density at radius 1 is 1.10 bits per heavy atom. The summed E-state index contributed by atoms with van der Waals surface area (Å²) in [6.45, 7) is 7.77. The normalized spacial score (nSPS) is 10.2. The van der Waals surface area contributed by atoms with Crippen LogP contribution in [0.2, 0.25) is 0 Å². The van der Waals surface area contributed by atoms with Gasteiger partial charge in [-0.3, -0.25) is 4.79 Å². The molecule has 0 radical (unpaired) electrons. The van der Waals surface area contributed by atoms with E-state index in [0.29, 0.717) is 6.42 Å². The second kappa shape index (κ2) is 10.2. The number of para-hydroxylation sites is 1. The monoisotopic (exact) mass is 273 g/mol. The van der Waals surface area contributed by atoms with Crippen LogP contribution in [0.4, 0.5) is 5.69 Å². The Bertz CT molecular complexity index is 386. The molecule has 0 spiro atoms. The Morgan fingerprint density at radius 2 is 1.80 bits per heavy atom. The molecule has 1 aromatic carbocycles. The average Bonchev–Trinajstić information content (AvgIpc) is 2.50. The minimum absolute atomic E-state index is 0.143. The van der Waals surface area contributed by atoms with Crippen LogP contribution < -0.4 is 4.90 Å². The number of allylic oxidation sites excluding steroid dienone is 1. The van der Waals surface area contributed by atoms with E-state index in [9.17, 15) is 4.79 Å². The highest BCUT2D eigenvalue weighted by molar-refractivity contribution is 5.88. The summed E-state index contributed by atoms with van der Waals surface area (Å²) in [6.07, 6.45) is 7.99. The average molecular weight is 273 g/mol. The van der Waals surface area contributed by atoms with E-state index in [2.05, 4.69) is 42.7 Å². The lowest BCUT2D eigenvalue weighted by Crippen LogP contribution is -2.26. The largest absolute Gasteiger partial charge is 0.372 e. The molecule has 0 aliphatic carbocycles. The zero-order valence-corrected chi connectivity index (χ0v) is 12.7. The third-order valence-corrected chi connectivity index (χ3v) is 3.48. The smallest absolute Gasteiger partial charge is 0.155 e. The van der Waals surface area contributed by atoms with Crippen molar-refractivity contribution in [1.82, 2.24) is 0 Å². The van der Waals surface area contributed by atoms with Gasteiger partial charge >= 0.3 is 0 Å². The molecule has 0 heterocycles. The molecular weight excluding hydrogens is 246 g/mol. The topological polar surface area (TPSA) is 20.3 Å². The van der Waals surface area contributed by atoms with Gasteiger partial charge < -0.3 is 4.90 Å². The molecule has 0 saturated carbocycles. The number of anilines is 1. The van der Waals surface area contributed by atoms with Crippen molar-refractivity contribution in [2.75, 3.05) is 18.0 Å². The minimum atomic E-state index is 0.143. The molecule has 110 valence electrons. The number of hydrogen-bond acceptors (Lipinski definition) is 2. The van der Waals surface area contributed by atoms with Gasteiger partial charge in [0.25, 0.3) is 0 Å². The van der Waals surface area contributed by atoms with Gasteiger partial charge in [0.05, 0.1) is 0 Å². The van der Waals surface area contributed by atoms with Crippen LogP contribution >= 0.6 is 0 Å². The molecule has 0 fully saturated rings. The van der Waals surface area contributed by atoms with E-state index in [1.165, 1.54) is 37.4 Å². The predicted octanol–water partition coefficient (Wildman–Crippen LogP) is 4.61. The number of carbonyl (C=O) groups excluding carboxylic acids is 1. The SMILES string of the molecule is C=CC(=O)CCCN(CCCCCC)c1ccccc1. The van der Waals surface area contributed by atoms with Gasteiger partial charge in [-0.15, -0.1) is 0 Å². The summed E-state index contributed by atoms with van der Waals surface area (Å²) < 4.78 is 0. The lowest BCUT2D eigenvalue weighted by atomic mass is 10.1. The summed E-state index contributed by atoms with van der Waals surface area (Å²) in [5.41, 5.74) is 1.26. The van der Waals surface area contributed by atoms with Crippen LogP contribution in [0.15, 0.2) is 43.0 Å². The fourth-order valence-electron chi connectivity index (χ4n) is 2.28. The highest BCUT2D eigenvalue weighted by Crippen LogP contribution is 2.15. The standard InChI is InChI=1S/C18H27NO/c1-3-5-6-10-15-19(16-11-14-18(20)4-2)17-12-8-7-9-13-17/h4,7-9,12-13H,2-3,5-6,10-11,14-16H2,1H3. The first kappa shape index (κ1) is 16.5. The van der Waals surface area contributed by atoms with E-state index < -0.39 is 0 Å². The maximum absolute atomic E-state index is 11.3. The number of unbranched alkanes of at least 4 members (excludes halogenated alkanes) is 3. The number of carbonyl (C=O) groups is 1. The summed E-state index contributed by atoms with van der Waals surface area (Å²) in [6, 6.07) is 10.5. The first-order valence-electron chi connectivity index (χ1n) is 7.73. The molecule has 0 atom stereocenters. The molecule has 0 aromatic heterocycles. The Hall–Kier alpha value is -1.57. The van der Waals surface area contributed by atoms with Gasteiger partial charge in [0.15, 0.2) is 5.78 Å². The third kappa shape index (κ3) is 6.55. The second-order valence-corrected chi connectivity index (χ2v) is 5.16. The van der Waals surface area contributed by atoms with Gasteiger partial charge in [-0.05, 0) is 31.1 Å². The van der Waals surface area contributed by atoms with Crippen molar-refractivity contribution in [3.05, 3.63) is 43.0 Å². The number of hydrogen-bond donors (Lipinski definition) is 0. The summed E-state index contributed by atoms with van der Waals surface area (Å²) in [5.74, 6) is 0.143. The maximum atomic E-state index is 11.3. The van der Waals surface area contributed by atoms with Crippen LogP contribution in [0.3, 0.4) is 0 Å². The van der Waals surface area contributed by atoms with E-state index in [1.54, 1.807) is 0 Å². The van der Waals surface area contributed by atoms with Gasteiger partial charge in [-0.1, -0.05) is 51.0 Å². The lowest BCUT2D eigenvalue weighted by Gasteiger charge is -2.24. The Labute approximate surface area is 123 Å². The maximum Gasteiger partial charge on any atom is 0.155 e. The van der Waals surface area contributed by atoms with Crippen LogP contribution in [0, 0.1) is 0 Å². The molecule has 20 heavy (non-hydrogen) atoms. The fourth-order valence-corrected chi connectivity index (χ4v) is 2.28. The number of rotatable bonds is 11. The van der Waals surface area contributed by atoms with Crippen molar-refractivity contribution in [1.29, 1.82) is 0 Å². The van der Waals surface area contributed by atoms with Crippen molar-refractivity contribution in [2.45, 2.75) is 45.4 Å². The van der Waals surface area contributed by atoms with Crippen molar-refractivity contribution < 1.29 is 4.79 Å². The first-order valence-corrected chi connectivity index (χ1v) is 7.73. The van der Waals surface area contributed by atoms with Crippen LogP contribution in [-0.2, 0) is 4.79 Å². The number of benzene rings is 1. The predicted molar refractivity (Wildman–Crippen MR) is 87.2 cm³/mol. The van der Waals surface area contributed by atoms with Gasteiger partial charge in [-0.25, -0.2) is 0 Å². The second-order valence-electron chi connectivity index (χ2n) is 5.16. The van der Waals surface area contributed by atoms with Crippen molar-refractivity contribution in [2.24, 2.45) is 0 Å². The van der Waals surface area contributed by atoms with Crippen LogP contribution in [0.25, 0.3) is 0 Å². The van der Waals surface area contributed by atoms with Gasteiger partial charge in [0.2, 0.25) is 0 Å². The molecule has 2 heteroatoms. The number of ketones is 1. The van der Waals surface area contributed by atoms with E-state index in [1.807, 2.05) is 6.07 Å². The van der Waals surface area contributed by atoms with Crippen molar-refractivity contribution in [3.63, 3.8) is 0 Å². The quantitative estimate of drug-likeness (QED) is 0.433. The van der Waals surface area contributed by atoms with Crippen LogP contribution in [0.5, 0.6) is 0 Å². The van der Waals surface area contributed by atoms with Crippen LogP contribution in [-0.4, -0.2) is 18.9 Å². The van der Waals surface area contributed by atoms with Gasteiger partial charge in [0, 0.05) is 25.2 Å². The highest BCUT2D eigenvalue weighted by atomic mass is 16.1. The number of nitrogens with zero attached hydrogens (tertiary/aromatic N) is 1. The Morgan fingerprint density at radius 3 is 2.45 bits per heavy atom. The van der Waals surface area contributed by atoms with E-state index >= 15 is 0 Å². The lowest BCUT2D eigenvalue weighted by molar-refractivity contribution is -0.114. The Kier molecular flexibility index (Phi) is 8.44. The summed E-state index contributed by atoms with van der Waals surface area (Å²) in [4.78, 5) is 13.7. The van der Waals surface area contributed by atoms with E-state index in [0.717, 1.165) is 19.5 Å². The molecule has 0 unspecified atom stereocenters. The van der Waals surface area contributed by atoms with Gasteiger partial charge in [0.1, 0.15) is 0 Å². The zero-order valence-electron chi connectivity index (χ0n) is 12.7. The van der Waals surface area contributed by atoms with Crippen LogP contribution in [0.1, 0.15) is 45.4 Å². The Balaban J connectivity index is 2.46.